The lowest BCUT2D eigenvalue weighted by Gasteiger charge is -2.19. The molecule has 0 amide bonds. The predicted octanol–water partition coefficient (Wildman–Crippen LogP) is 2.67. The molecular weight excluding hydrogens is 400 g/mol. The number of rotatable bonds is 6. The molecule has 114 valence electrons. The molecule has 0 spiro atoms. The van der Waals surface area contributed by atoms with Crippen LogP contribution in [0.5, 0.6) is 0 Å². The molecule has 10 heteroatoms. The molecule has 21 heavy (non-hydrogen) atoms. The zero-order chi connectivity index (χ0) is 15.6. The average molecular weight is 412 g/mol. The summed E-state index contributed by atoms with van der Waals surface area (Å²) in [4.78, 5) is 0.844. The number of halogens is 2. The van der Waals surface area contributed by atoms with Crippen LogP contribution in [0.1, 0.15) is 4.88 Å². The van der Waals surface area contributed by atoms with E-state index in [0.29, 0.717) is 4.34 Å². The molecular formula is C11H12BrClN4O2S2. The van der Waals surface area contributed by atoms with Gasteiger partial charge in [0.05, 0.1) is 4.34 Å². The van der Waals surface area contributed by atoms with Gasteiger partial charge in [-0.05, 0) is 28.1 Å². The Hall–Kier alpha value is -0.740. The van der Waals surface area contributed by atoms with Gasteiger partial charge in [0.1, 0.15) is 0 Å². The molecule has 0 aliphatic heterocycles. The first-order chi connectivity index (χ1) is 9.86. The van der Waals surface area contributed by atoms with Crippen molar-refractivity contribution in [1.82, 2.24) is 19.3 Å². The molecule has 0 unspecified atom stereocenters. The molecule has 0 aliphatic rings. The Kier molecular flexibility index (Phi) is 5.20. The number of hydrogen-bond acceptors (Lipinski definition) is 5. The number of hydrogen-bond donors (Lipinski definition) is 0. The standard InChI is InChI=1S/C11H12BrClN4O2S2/c1-3-6-17(7-8-4-5-9(13)20-8)21(18,19)11-10(12)14-15-16(11)2/h3-5H,1,6-7H2,2H3. The van der Waals surface area contributed by atoms with Crippen LogP contribution in [0.25, 0.3) is 0 Å². The Labute approximate surface area is 140 Å². The molecule has 0 radical (unpaired) electrons. The fraction of sp³-hybridized carbons (Fsp3) is 0.273. The van der Waals surface area contributed by atoms with Gasteiger partial charge < -0.3 is 0 Å². The van der Waals surface area contributed by atoms with Crippen LogP contribution >= 0.6 is 38.9 Å². The number of sulfonamides is 1. The van der Waals surface area contributed by atoms with Gasteiger partial charge in [0.25, 0.3) is 10.0 Å². The molecule has 0 aliphatic carbocycles. The molecule has 0 atom stereocenters. The highest BCUT2D eigenvalue weighted by atomic mass is 79.9. The molecule has 2 aromatic heterocycles. The van der Waals surface area contributed by atoms with Crippen LogP contribution in [0.2, 0.25) is 4.34 Å². The highest BCUT2D eigenvalue weighted by molar-refractivity contribution is 9.10. The fourth-order valence-electron chi connectivity index (χ4n) is 1.72. The van der Waals surface area contributed by atoms with E-state index in [4.69, 9.17) is 11.6 Å². The van der Waals surface area contributed by atoms with Crippen LogP contribution in [0.15, 0.2) is 34.4 Å². The molecule has 6 nitrogen and oxygen atoms in total. The smallest absolute Gasteiger partial charge is 0.235 e. The van der Waals surface area contributed by atoms with E-state index in [9.17, 15) is 8.42 Å². The van der Waals surface area contributed by atoms with Gasteiger partial charge in [-0.25, -0.2) is 13.1 Å². The lowest BCUT2D eigenvalue weighted by Crippen LogP contribution is -2.32. The quantitative estimate of drug-likeness (QED) is 0.685. The zero-order valence-corrected chi connectivity index (χ0v) is 15.0. The van der Waals surface area contributed by atoms with E-state index < -0.39 is 10.0 Å². The lowest BCUT2D eigenvalue weighted by molar-refractivity contribution is 0.433. The Morgan fingerprint density at radius 2 is 2.29 bits per heavy atom. The summed E-state index contributed by atoms with van der Waals surface area (Å²) in [6, 6.07) is 3.54. The van der Waals surface area contributed by atoms with Crippen molar-refractivity contribution in [1.29, 1.82) is 0 Å². The Balaban J connectivity index is 2.39. The summed E-state index contributed by atoms with van der Waals surface area (Å²) in [5.41, 5.74) is 0. The first kappa shape index (κ1) is 16.6. The summed E-state index contributed by atoms with van der Waals surface area (Å²) >= 11 is 10.3. The van der Waals surface area contributed by atoms with Crippen molar-refractivity contribution >= 4 is 48.9 Å². The maximum Gasteiger partial charge on any atom is 0.263 e. The summed E-state index contributed by atoms with van der Waals surface area (Å²) in [6.45, 7) is 4.00. The zero-order valence-electron chi connectivity index (χ0n) is 11.0. The van der Waals surface area contributed by atoms with Gasteiger partial charge in [-0.2, -0.15) is 4.31 Å². The third-order valence-corrected chi connectivity index (χ3v) is 6.53. The van der Waals surface area contributed by atoms with E-state index >= 15 is 0 Å². The van der Waals surface area contributed by atoms with Crippen molar-refractivity contribution in [3.63, 3.8) is 0 Å². The highest BCUT2D eigenvalue weighted by Crippen LogP contribution is 2.27. The second kappa shape index (κ2) is 6.57. The largest absolute Gasteiger partial charge is 0.263 e. The molecule has 0 fully saturated rings. The Morgan fingerprint density at radius 3 is 2.76 bits per heavy atom. The van der Waals surface area contributed by atoms with Gasteiger partial charge in [0, 0.05) is 25.0 Å². The van der Waals surface area contributed by atoms with Gasteiger partial charge in [-0.1, -0.05) is 22.9 Å². The average Bonchev–Trinajstić information content (AvgIpc) is 2.95. The third-order valence-electron chi connectivity index (χ3n) is 2.62. The normalized spacial score (nSPS) is 12.0. The van der Waals surface area contributed by atoms with Gasteiger partial charge in [-0.3, -0.25) is 0 Å². The third kappa shape index (κ3) is 3.54. The summed E-state index contributed by atoms with van der Waals surface area (Å²) < 4.78 is 28.8. The molecule has 0 saturated heterocycles. The topological polar surface area (TPSA) is 68.1 Å². The van der Waals surface area contributed by atoms with E-state index in [1.165, 1.54) is 33.4 Å². The second-order valence-corrected chi connectivity index (χ2v) is 8.51. The Bertz CT molecular complexity index is 737. The molecule has 0 N–H and O–H groups in total. The van der Waals surface area contributed by atoms with Crippen molar-refractivity contribution in [3.8, 4) is 0 Å². The van der Waals surface area contributed by atoms with Gasteiger partial charge >= 0.3 is 0 Å². The van der Waals surface area contributed by atoms with Crippen LogP contribution in [-0.2, 0) is 23.6 Å². The van der Waals surface area contributed by atoms with Crippen molar-refractivity contribution in [2.45, 2.75) is 11.6 Å². The van der Waals surface area contributed by atoms with Gasteiger partial charge in [0.2, 0.25) is 5.03 Å². The van der Waals surface area contributed by atoms with E-state index in [2.05, 4.69) is 32.8 Å². The van der Waals surface area contributed by atoms with Crippen LogP contribution < -0.4 is 0 Å². The first-order valence-corrected chi connectivity index (χ1v) is 9.19. The summed E-state index contributed by atoms with van der Waals surface area (Å²) in [5, 5.41) is 7.43. The Morgan fingerprint density at radius 1 is 1.57 bits per heavy atom. The maximum atomic E-state index is 12.8. The van der Waals surface area contributed by atoms with E-state index in [1.807, 2.05) is 0 Å². The predicted molar refractivity (Wildman–Crippen MR) is 85.8 cm³/mol. The minimum absolute atomic E-state index is 0.00648. The van der Waals surface area contributed by atoms with Gasteiger partial charge in [0.15, 0.2) is 4.60 Å². The second-order valence-electron chi connectivity index (χ2n) is 4.10. The maximum absolute atomic E-state index is 12.8. The lowest BCUT2D eigenvalue weighted by atomic mass is 10.4. The number of aryl methyl sites for hydroxylation is 1. The van der Waals surface area contributed by atoms with E-state index in [-0.39, 0.29) is 22.7 Å². The number of nitrogens with zero attached hydrogens (tertiary/aromatic N) is 4. The summed E-state index contributed by atoms with van der Waals surface area (Å²) in [6.07, 6.45) is 1.53. The number of thiophene rings is 1. The van der Waals surface area contributed by atoms with E-state index in [0.717, 1.165) is 4.88 Å². The van der Waals surface area contributed by atoms with Crippen LogP contribution in [0, 0.1) is 0 Å². The van der Waals surface area contributed by atoms with Crippen LogP contribution in [-0.4, -0.2) is 34.3 Å². The van der Waals surface area contributed by atoms with Crippen molar-refractivity contribution in [2.24, 2.45) is 7.05 Å². The minimum Gasteiger partial charge on any atom is -0.235 e. The molecule has 0 saturated carbocycles. The van der Waals surface area contributed by atoms with Crippen LogP contribution in [0.3, 0.4) is 0 Å². The van der Waals surface area contributed by atoms with Crippen molar-refractivity contribution < 1.29 is 8.42 Å². The summed E-state index contributed by atoms with van der Waals surface area (Å²) in [7, 11) is -2.23. The van der Waals surface area contributed by atoms with Gasteiger partial charge in [-0.15, -0.1) is 23.0 Å². The fourth-order valence-corrected chi connectivity index (χ4v) is 5.33. The molecule has 2 rings (SSSR count). The SMILES string of the molecule is C=CCN(Cc1ccc(Cl)s1)S(=O)(=O)c1c(Br)nnn1C. The first-order valence-electron chi connectivity index (χ1n) is 5.76. The number of aromatic nitrogens is 3. The molecule has 2 aromatic rings. The molecule has 0 bridgehead atoms. The molecule has 2 heterocycles. The van der Waals surface area contributed by atoms with Crippen LogP contribution in [0.4, 0.5) is 0 Å². The van der Waals surface area contributed by atoms with Crippen molar-refractivity contribution in [2.75, 3.05) is 6.54 Å². The highest BCUT2D eigenvalue weighted by Gasteiger charge is 2.30. The van der Waals surface area contributed by atoms with Crippen molar-refractivity contribution in [3.05, 3.63) is 38.6 Å². The molecule has 0 aromatic carbocycles. The van der Waals surface area contributed by atoms with E-state index in [1.54, 1.807) is 12.1 Å². The minimum atomic E-state index is -3.75. The summed E-state index contributed by atoms with van der Waals surface area (Å²) in [5.74, 6) is 0. The monoisotopic (exact) mass is 410 g/mol.